The van der Waals surface area contributed by atoms with Gasteiger partial charge in [0.15, 0.2) is 0 Å². The number of likely N-dealkylation sites (tertiary alicyclic amines) is 1. The Morgan fingerprint density at radius 2 is 2.00 bits per heavy atom. The lowest BCUT2D eigenvalue weighted by molar-refractivity contribution is -0.120. The molecule has 0 aromatic heterocycles. The van der Waals surface area contributed by atoms with Crippen molar-refractivity contribution in [1.82, 2.24) is 10.2 Å². The van der Waals surface area contributed by atoms with Crippen molar-refractivity contribution in [3.05, 3.63) is 0 Å². The fraction of sp³-hybridized carbons (Fsp3) is 0.917. The van der Waals surface area contributed by atoms with Crippen molar-refractivity contribution in [3.8, 4) is 0 Å². The molecule has 86 valence electrons. The van der Waals surface area contributed by atoms with Crippen molar-refractivity contribution in [1.29, 1.82) is 0 Å². The Bertz CT molecular complexity index is 220. The molecule has 3 heteroatoms. The second kappa shape index (κ2) is 4.97. The summed E-state index contributed by atoms with van der Waals surface area (Å²) in [5, 5.41) is 3.11. The van der Waals surface area contributed by atoms with E-state index in [1.165, 1.54) is 45.2 Å². The number of carbonyl (C=O) groups is 1. The number of rotatable bonds is 4. The predicted molar refractivity (Wildman–Crippen MR) is 60.6 cm³/mol. The third-order valence-electron chi connectivity index (χ3n) is 3.48. The second-order valence-corrected chi connectivity index (χ2v) is 5.01. The summed E-state index contributed by atoms with van der Waals surface area (Å²) in [7, 11) is 0. The van der Waals surface area contributed by atoms with E-state index in [2.05, 4.69) is 10.2 Å². The molecule has 0 spiro atoms. The summed E-state index contributed by atoms with van der Waals surface area (Å²) >= 11 is 0. The van der Waals surface area contributed by atoms with Gasteiger partial charge in [-0.3, -0.25) is 4.79 Å². The van der Waals surface area contributed by atoms with Crippen LogP contribution in [0.5, 0.6) is 0 Å². The van der Waals surface area contributed by atoms with Crippen LogP contribution in [0.4, 0.5) is 0 Å². The Hall–Kier alpha value is -0.570. The number of hydrogen-bond acceptors (Lipinski definition) is 2. The van der Waals surface area contributed by atoms with Gasteiger partial charge in [-0.15, -0.1) is 0 Å². The van der Waals surface area contributed by atoms with E-state index in [1.54, 1.807) is 6.92 Å². The van der Waals surface area contributed by atoms with E-state index < -0.39 is 0 Å². The summed E-state index contributed by atoms with van der Waals surface area (Å²) in [5.41, 5.74) is 0. The first kappa shape index (κ1) is 10.9. The molecule has 2 fully saturated rings. The zero-order chi connectivity index (χ0) is 10.7. The zero-order valence-electron chi connectivity index (χ0n) is 9.67. The minimum absolute atomic E-state index is 0.129. The number of carbonyl (C=O) groups excluding carboxylic acids is 1. The molecule has 1 atom stereocenters. The molecule has 15 heavy (non-hydrogen) atoms. The van der Waals surface area contributed by atoms with Crippen LogP contribution in [0.1, 0.15) is 39.0 Å². The minimum Gasteiger partial charge on any atom is -0.352 e. The van der Waals surface area contributed by atoms with Crippen LogP contribution in [-0.4, -0.2) is 36.5 Å². The average molecular weight is 210 g/mol. The Morgan fingerprint density at radius 3 is 2.53 bits per heavy atom. The largest absolute Gasteiger partial charge is 0.352 e. The summed E-state index contributed by atoms with van der Waals surface area (Å²) in [6.07, 6.45) is 6.65. The lowest BCUT2D eigenvalue weighted by Gasteiger charge is -2.30. The highest BCUT2D eigenvalue weighted by atomic mass is 16.1. The molecule has 0 bridgehead atoms. The van der Waals surface area contributed by atoms with E-state index in [-0.39, 0.29) is 5.91 Å². The highest BCUT2D eigenvalue weighted by molar-refractivity contribution is 5.73. The maximum absolute atomic E-state index is 11.1. The molecule has 0 radical (unpaired) electrons. The molecular weight excluding hydrogens is 188 g/mol. The van der Waals surface area contributed by atoms with Crippen LogP contribution in [0.3, 0.4) is 0 Å². The van der Waals surface area contributed by atoms with Gasteiger partial charge in [-0.05, 0) is 44.7 Å². The van der Waals surface area contributed by atoms with Gasteiger partial charge in [-0.25, -0.2) is 0 Å². The van der Waals surface area contributed by atoms with E-state index >= 15 is 0 Å². The first-order valence-electron chi connectivity index (χ1n) is 6.25. The molecule has 1 saturated carbocycles. The molecule has 1 aliphatic carbocycles. The molecule has 0 aromatic rings. The standard InChI is InChI=1S/C12H22N2O/c1-10(15)13-12(11-5-6-11)9-14-7-3-2-4-8-14/h11-12H,2-9H2,1H3,(H,13,15). The van der Waals surface area contributed by atoms with Crippen molar-refractivity contribution in [2.75, 3.05) is 19.6 Å². The quantitative estimate of drug-likeness (QED) is 0.760. The molecule has 2 rings (SSSR count). The molecule has 0 aromatic carbocycles. The van der Waals surface area contributed by atoms with Gasteiger partial charge < -0.3 is 10.2 Å². The van der Waals surface area contributed by atoms with Gasteiger partial charge in [0.2, 0.25) is 5.91 Å². The summed E-state index contributed by atoms with van der Waals surface area (Å²) < 4.78 is 0. The summed E-state index contributed by atoms with van der Waals surface area (Å²) in [6, 6.07) is 0.417. The van der Waals surface area contributed by atoms with Gasteiger partial charge in [-0.2, -0.15) is 0 Å². The van der Waals surface area contributed by atoms with Crippen molar-refractivity contribution in [3.63, 3.8) is 0 Å². The van der Waals surface area contributed by atoms with Gasteiger partial charge in [0.05, 0.1) is 0 Å². The molecule has 1 heterocycles. The Balaban J connectivity index is 1.79. The molecule has 1 N–H and O–H groups in total. The minimum atomic E-state index is 0.129. The smallest absolute Gasteiger partial charge is 0.217 e. The molecule has 1 aliphatic heterocycles. The van der Waals surface area contributed by atoms with Crippen LogP contribution < -0.4 is 5.32 Å². The number of piperidine rings is 1. The van der Waals surface area contributed by atoms with Gasteiger partial charge in [0.25, 0.3) is 0 Å². The maximum atomic E-state index is 11.1. The third-order valence-corrected chi connectivity index (χ3v) is 3.48. The van der Waals surface area contributed by atoms with E-state index in [4.69, 9.17) is 0 Å². The topological polar surface area (TPSA) is 32.3 Å². The number of hydrogen-bond donors (Lipinski definition) is 1. The molecule has 1 saturated heterocycles. The number of amides is 1. The van der Waals surface area contributed by atoms with Crippen LogP contribution in [0.25, 0.3) is 0 Å². The molecule has 1 unspecified atom stereocenters. The van der Waals surface area contributed by atoms with Gasteiger partial charge in [0.1, 0.15) is 0 Å². The summed E-state index contributed by atoms with van der Waals surface area (Å²) in [5.74, 6) is 0.889. The predicted octanol–water partition coefficient (Wildman–Crippen LogP) is 1.39. The lowest BCUT2D eigenvalue weighted by Crippen LogP contribution is -2.45. The van der Waals surface area contributed by atoms with E-state index in [0.29, 0.717) is 6.04 Å². The van der Waals surface area contributed by atoms with Gasteiger partial charge >= 0.3 is 0 Å². The summed E-state index contributed by atoms with van der Waals surface area (Å²) in [6.45, 7) is 5.15. The first-order valence-corrected chi connectivity index (χ1v) is 6.25. The van der Waals surface area contributed by atoms with Gasteiger partial charge in [-0.1, -0.05) is 6.42 Å². The number of nitrogens with one attached hydrogen (secondary N) is 1. The molecule has 3 nitrogen and oxygen atoms in total. The summed E-state index contributed by atoms with van der Waals surface area (Å²) in [4.78, 5) is 13.6. The van der Waals surface area contributed by atoms with Crippen molar-refractivity contribution >= 4 is 5.91 Å². The SMILES string of the molecule is CC(=O)NC(CN1CCCCC1)C1CC1. The lowest BCUT2D eigenvalue weighted by atomic mass is 10.1. The van der Waals surface area contributed by atoms with Gasteiger partial charge in [0, 0.05) is 19.5 Å². The molecule has 1 amide bonds. The highest BCUT2D eigenvalue weighted by Gasteiger charge is 2.32. The Kier molecular flexibility index (Phi) is 3.62. The second-order valence-electron chi connectivity index (χ2n) is 5.01. The highest BCUT2D eigenvalue weighted by Crippen LogP contribution is 2.33. The van der Waals surface area contributed by atoms with Crippen LogP contribution in [-0.2, 0) is 4.79 Å². The zero-order valence-corrected chi connectivity index (χ0v) is 9.67. The first-order chi connectivity index (χ1) is 7.25. The van der Waals surface area contributed by atoms with E-state index in [1.807, 2.05) is 0 Å². The van der Waals surface area contributed by atoms with Crippen LogP contribution in [0, 0.1) is 5.92 Å². The van der Waals surface area contributed by atoms with Crippen molar-refractivity contribution in [2.24, 2.45) is 5.92 Å². The normalized spacial score (nSPS) is 24.9. The fourth-order valence-electron chi connectivity index (χ4n) is 2.49. The van der Waals surface area contributed by atoms with Crippen LogP contribution in [0.15, 0.2) is 0 Å². The van der Waals surface area contributed by atoms with Crippen LogP contribution in [0.2, 0.25) is 0 Å². The van der Waals surface area contributed by atoms with Crippen molar-refractivity contribution in [2.45, 2.75) is 45.1 Å². The average Bonchev–Trinajstić information content (AvgIpc) is 3.01. The van der Waals surface area contributed by atoms with Crippen molar-refractivity contribution < 1.29 is 4.79 Å². The van der Waals surface area contributed by atoms with Crippen LogP contribution >= 0.6 is 0 Å². The Morgan fingerprint density at radius 1 is 1.33 bits per heavy atom. The fourth-order valence-corrected chi connectivity index (χ4v) is 2.49. The third kappa shape index (κ3) is 3.49. The Labute approximate surface area is 92.2 Å². The maximum Gasteiger partial charge on any atom is 0.217 e. The molecule has 2 aliphatic rings. The molecular formula is C12H22N2O. The van der Waals surface area contributed by atoms with E-state index in [0.717, 1.165) is 12.5 Å². The van der Waals surface area contributed by atoms with E-state index in [9.17, 15) is 4.79 Å². The number of nitrogens with zero attached hydrogens (tertiary/aromatic N) is 1. The monoisotopic (exact) mass is 210 g/mol.